The molecule has 1 aromatic heterocycles. The van der Waals surface area contributed by atoms with Crippen LogP contribution in [0.25, 0.3) is 10.2 Å². The molecule has 0 aliphatic heterocycles. The molecule has 0 unspecified atom stereocenters. The van der Waals surface area contributed by atoms with Crippen molar-refractivity contribution in [3.8, 4) is 5.75 Å². The second kappa shape index (κ2) is 5.71. The molecule has 2 aromatic carbocycles. The van der Waals surface area contributed by atoms with Crippen LogP contribution in [0.15, 0.2) is 42.5 Å². The maximum atomic E-state index is 12.1. The zero-order chi connectivity index (χ0) is 14.8. The van der Waals surface area contributed by atoms with Crippen LogP contribution in [0.2, 0.25) is 5.02 Å². The summed E-state index contributed by atoms with van der Waals surface area (Å²) in [6.07, 6.45) is 0. The number of fused-ring (bicyclic) bond motifs is 1. The molecule has 1 heterocycles. The summed E-state index contributed by atoms with van der Waals surface area (Å²) in [6, 6.07) is 12.5. The number of anilines is 1. The third-order valence-electron chi connectivity index (χ3n) is 2.92. The molecule has 0 aliphatic rings. The summed E-state index contributed by atoms with van der Waals surface area (Å²) in [4.78, 5) is 16.4. The number of amides is 1. The van der Waals surface area contributed by atoms with Gasteiger partial charge in [-0.25, -0.2) is 4.98 Å². The van der Waals surface area contributed by atoms with Crippen molar-refractivity contribution in [2.75, 3.05) is 12.4 Å². The van der Waals surface area contributed by atoms with E-state index in [-0.39, 0.29) is 5.91 Å². The Morgan fingerprint density at radius 1 is 1.29 bits per heavy atom. The topological polar surface area (TPSA) is 51.2 Å². The van der Waals surface area contributed by atoms with Crippen molar-refractivity contribution in [3.05, 3.63) is 53.1 Å². The smallest absolute Gasteiger partial charge is 0.257 e. The summed E-state index contributed by atoms with van der Waals surface area (Å²) in [5.41, 5.74) is 1.32. The van der Waals surface area contributed by atoms with Crippen LogP contribution in [0.3, 0.4) is 0 Å². The van der Waals surface area contributed by atoms with Crippen LogP contribution in [0.4, 0.5) is 5.13 Å². The summed E-state index contributed by atoms with van der Waals surface area (Å²) < 4.78 is 6.07. The molecule has 0 fully saturated rings. The summed E-state index contributed by atoms with van der Waals surface area (Å²) in [5.74, 6) is 0.404. The normalized spacial score (nSPS) is 10.6. The lowest BCUT2D eigenvalue weighted by atomic mass is 10.2. The van der Waals surface area contributed by atoms with E-state index < -0.39 is 0 Å². The monoisotopic (exact) mass is 318 g/mol. The predicted molar refractivity (Wildman–Crippen MR) is 85.6 cm³/mol. The Balaban J connectivity index is 1.90. The first-order valence-corrected chi connectivity index (χ1v) is 7.37. The molecule has 0 bridgehead atoms. The molecule has 106 valence electrons. The maximum Gasteiger partial charge on any atom is 0.257 e. The highest BCUT2D eigenvalue weighted by Crippen LogP contribution is 2.34. The number of nitrogens with zero attached hydrogens (tertiary/aromatic N) is 1. The van der Waals surface area contributed by atoms with E-state index in [0.29, 0.717) is 21.5 Å². The van der Waals surface area contributed by atoms with Crippen molar-refractivity contribution in [1.29, 1.82) is 0 Å². The number of nitrogens with one attached hydrogen (secondary N) is 1. The molecule has 1 N–H and O–H groups in total. The van der Waals surface area contributed by atoms with Crippen LogP contribution in [0.5, 0.6) is 5.75 Å². The molecular formula is C15H11ClN2O2S. The van der Waals surface area contributed by atoms with Gasteiger partial charge in [0.2, 0.25) is 0 Å². The van der Waals surface area contributed by atoms with Crippen molar-refractivity contribution in [2.45, 2.75) is 0 Å². The lowest BCUT2D eigenvalue weighted by Gasteiger charge is -2.00. The second-order valence-electron chi connectivity index (χ2n) is 4.29. The molecule has 21 heavy (non-hydrogen) atoms. The molecule has 0 radical (unpaired) electrons. The Labute approximate surface area is 130 Å². The van der Waals surface area contributed by atoms with Gasteiger partial charge in [-0.1, -0.05) is 41.1 Å². The number of benzene rings is 2. The average Bonchev–Trinajstić information content (AvgIpc) is 2.88. The van der Waals surface area contributed by atoms with E-state index >= 15 is 0 Å². The van der Waals surface area contributed by atoms with Gasteiger partial charge in [-0.2, -0.15) is 0 Å². The minimum Gasteiger partial charge on any atom is -0.495 e. The minimum absolute atomic E-state index is 0.187. The molecule has 4 nitrogen and oxygen atoms in total. The third-order valence-corrected chi connectivity index (χ3v) is 4.15. The molecule has 0 spiro atoms. The highest BCUT2D eigenvalue weighted by Gasteiger charge is 2.11. The molecule has 0 saturated heterocycles. The van der Waals surface area contributed by atoms with Gasteiger partial charge >= 0.3 is 0 Å². The first-order chi connectivity index (χ1) is 10.2. The fraction of sp³-hybridized carbons (Fsp3) is 0.0667. The van der Waals surface area contributed by atoms with E-state index in [0.717, 1.165) is 10.2 Å². The van der Waals surface area contributed by atoms with Gasteiger partial charge in [0.1, 0.15) is 5.75 Å². The van der Waals surface area contributed by atoms with Crippen LogP contribution in [0.1, 0.15) is 10.4 Å². The molecule has 0 aliphatic carbocycles. The Hall–Kier alpha value is -2.11. The third kappa shape index (κ3) is 2.84. The molecule has 3 aromatic rings. The minimum atomic E-state index is -0.187. The number of aromatic nitrogens is 1. The summed E-state index contributed by atoms with van der Waals surface area (Å²) in [7, 11) is 1.56. The van der Waals surface area contributed by atoms with E-state index in [9.17, 15) is 4.79 Å². The highest BCUT2D eigenvalue weighted by molar-refractivity contribution is 7.22. The molecular weight excluding hydrogens is 308 g/mol. The zero-order valence-corrected chi connectivity index (χ0v) is 12.7. The van der Waals surface area contributed by atoms with Gasteiger partial charge in [-0.3, -0.25) is 10.1 Å². The van der Waals surface area contributed by atoms with Crippen molar-refractivity contribution in [1.82, 2.24) is 4.98 Å². The van der Waals surface area contributed by atoms with Gasteiger partial charge in [-0.05, 0) is 18.2 Å². The lowest BCUT2D eigenvalue weighted by Crippen LogP contribution is -2.11. The fourth-order valence-corrected chi connectivity index (χ4v) is 3.00. The molecule has 3 rings (SSSR count). The van der Waals surface area contributed by atoms with Gasteiger partial charge < -0.3 is 4.74 Å². The van der Waals surface area contributed by atoms with Gasteiger partial charge in [-0.15, -0.1) is 0 Å². The van der Waals surface area contributed by atoms with Crippen molar-refractivity contribution in [3.63, 3.8) is 0 Å². The Kier molecular flexibility index (Phi) is 3.77. The van der Waals surface area contributed by atoms with E-state index in [2.05, 4.69) is 10.3 Å². The Morgan fingerprint density at radius 3 is 2.76 bits per heavy atom. The molecule has 1 amide bonds. The standard InChI is InChI=1S/C15H11ClN2O2S/c1-20-12-8-13-11(7-10(12)16)17-15(21-13)18-14(19)9-5-3-2-4-6-9/h2-8H,1H3,(H,17,18,19). The Morgan fingerprint density at radius 2 is 2.05 bits per heavy atom. The van der Waals surface area contributed by atoms with E-state index in [1.165, 1.54) is 11.3 Å². The van der Waals surface area contributed by atoms with Crippen molar-refractivity contribution < 1.29 is 9.53 Å². The van der Waals surface area contributed by atoms with Crippen LogP contribution in [-0.2, 0) is 0 Å². The first-order valence-electron chi connectivity index (χ1n) is 6.18. The van der Waals surface area contributed by atoms with Gasteiger partial charge in [0, 0.05) is 11.6 Å². The van der Waals surface area contributed by atoms with Crippen molar-refractivity contribution in [2.24, 2.45) is 0 Å². The van der Waals surface area contributed by atoms with Crippen LogP contribution < -0.4 is 10.1 Å². The highest BCUT2D eigenvalue weighted by atomic mass is 35.5. The number of rotatable bonds is 3. The molecule has 6 heteroatoms. The van der Waals surface area contributed by atoms with Gasteiger partial charge in [0.25, 0.3) is 5.91 Å². The number of carbonyl (C=O) groups is 1. The average molecular weight is 319 g/mol. The van der Waals surface area contributed by atoms with Crippen LogP contribution in [0, 0.1) is 0 Å². The quantitative estimate of drug-likeness (QED) is 0.787. The number of ether oxygens (including phenoxy) is 1. The number of thiazole rings is 1. The van der Waals surface area contributed by atoms with E-state index in [1.54, 1.807) is 25.3 Å². The summed E-state index contributed by atoms with van der Waals surface area (Å²) in [5, 5.41) is 3.82. The summed E-state index contributed by atoms with van der Waals surface area (Å²) in [6.45, 7) is 0. The summed E-state index contributed by atoms with van der Waals surface area (Å²) >= 11 is 7.44. The predicted octanol–water partition coefficient (Wildman–Crippen LogP) is 4.21. The molecule has 0 atom stereocenters. The van der Waals surface area contributed by atoms with E-state index in [1.807, 2.05) is 24.3 Å². The van der Waals surface area contributed by atoms with Crippen LogP contribution >= 0.6 is 22.9 Å². The van der Waals surface area contributed by atoms with Crippen LogP contribution in [-0.4, -0.2) is 18.0 Å². The number of methoxy groups -OCH3 is 1. The number of hydrogen-bond acceptors (Lipinski definition) is 4. The first kappa shape index (κ1) is 13.9. The van der Waals surface area contributed by atoms with Gasteiger partial charge in [0.15, 0.2) is 5.13 Å². The number of hydrogen-bond donors (Lipinski definition) is 1. The van der Waals surface area contributed by atoms with Gasteiger partial charge in [0.05, 0.1) is 22.3 Å². The molecule has 0 saturated carbocycles. The zero-order valence-electron chi connectivity index (χ0n) is 11.1. The Bertz CT molecular complexity index is 802. The number of carbonyl (C=O) groups excluding carboxylic acids is 1. The second-order valence-corrected chi connectivity index (χ2v) is 5.73. The number of halogens is 1. The van der Waals surface area contributed by atoms with E-state index in [4.69, 9.17) is 16.3 Å². The van der Waals surface area contributed by atoms with Crippen molar-refractivity contribution >= 4 is 44.2 Å². The maximum absolute atomic E-state index is 12.1. The lowest BCUT2D eigenvalue weighted by molar-refractivity contribution is 0.102. The largest absolute Gasteiger partial charge is 0.495 e. The SMILES string of the molecule is COc1cc2sc(NC(=O)c3ccccc3)nc2cc1Cl. The fourth-order valence-electron chi connectivity index (χ4n) is 1.90.